The lowest BCUT2D eigenvalue weighted by Crippen LogP contribution is -2.48. The molecule has 8 N–H and O–H groups in total. The first-order valence-corrected chi connectivity index (χ1v) is 14.1. The Hall–Kier alpha value is -3.80. The lowest BCUT2D eigenvalue weighted by Gasteiger charge is -2.25. The molecule has 1 aliphatic rings. The minimum atomic E-state index is -0.773. The number of nitrogens with zero attached hydrogens (tertiary/aromatic N) is 3. The Morgan fingerprint density at radius 3 is 2.62 bits per heavy atom. The van der Waals surface area contributed by atoms with Gasteiger partial charge in [0.05, 0.1) is 12.6 Å². The maximum absolute atomic E-state index is 13.3. The molecule has 2 atom stereocenters. The van der Waals surface area contributed by atoms with E-state index in [0.29, 0.717) is 36.5 Å². The molecule has 1 saturated heterocycles. The smallest absolute Gasteiger partial charge is 0.240 e. The number of nitrogens with two attached hydrogens (primary N) is 3. The number of amidine groups is 1. The highest BCUT2D eigenvalue weighted by molar-refractivity contribution is 7.11. The summed E-state index contributed by atoms with van der Waals surface area (Å²) in [5, 5.41) is 12.4. The molecule has 2 amide bonds. The summed E-state index contributed by atoms with van der Waals surface area (Å²) in [6, 6.07) is 6.82. The molecule has 210 valence electrons. The third-order valence-electron chi connectivity index (χ3n) is 6.75. The third-order valence-corrected chi connectivity index (χ3v) is 7.54. The number of Topliss-reactive ketones (excluding diaryl/α,β-unsaturated/α-hetero) is 1. The lowest BCUT2D eigenvalue weighted by molar-refractivity contribution is -0.139. The van der Waals surface area contributed by atoms with Crippen molar-refractivity contribution in [1.82, 2.24) is 15.2 Å². The first kappa shape index (κ1) is 29.8. The number of aromatic nitrogens is 1. The van der Waals surface area contributed by atoms with Gasteiger partial charge in [-0.15, -0.1) is 11.3 Å². The van der Waals surface area contributed by atoms with E-state index in [0.717, 1.165) is 44.1 Å². The van der Waals surface area contributed by atoms with Crippen LogP contribution in [-0.4, -0.2) is 65.0 Å². The van der Waals surface area contributed by atoms with Crippen molar-refractivity contribution in [2.24, 2.45) is 28.1 Å². The van der Waals surface area contributed by atoms with Crippen molar-refractivity contribution in [2.75, 3.05) is 19.6 Å². The first-order valence-electron chi connectivity index (χ1n) is 13.2. The second kappa shape index (κ2) is 15.0. The number of nitrogen functional groups attached to an aromatic ring is 1. The molecule has 1 aromatic heterocycles. The number of carbonyl (C=O) groups is 3. The summed E-state index contributed by atoms with van der Waals surface area (Å²) < 4.78 is 0. The maximum Gasteiger partial charge on any atom is 0.240 e. The van der Waals surface area contributed by atoms with Crippen molar-refractivity contribution in [2.45, 2.75) is 57.4 Å². The summed E-state index contributed by atoms with van der Waals surface area (Å²) in [5.41, 5.74) is 18.1. The monoisotopic (exact) mass is 554 g/mol. The van der Waals surface area contributed by atoms with E-state index in [4.69, 9.17) is 22.6 Å². The third kappa shape index (κ3) is 9.47. The van der Waals surface area contributed by atoms with Gasteiger partial charge in [0, 0.05) is 36.1 Å². The Kier molecular flexibility index (Phi) is 11.4. The summed E-state index contributed by atoms with van der Waals surface area (Å²) in [7, 11) is 0. The predicted molar refractivity (Wildman–Crippen MR) is 153 cm³/mol. The molecule has 2 aromatic rings. The summed E-state index contributed by atoms with van der Waals surface area (Å²) in [6.45, 7) is 0.773. The molecule has 2 heterocycles. The van der Waals surface area contributed by atoms with Gasteiger partial charge in [0.15, 0.2) is 11.0 Å². The Balaban J connectivity index is 1.55. The van der Waals surface area contributed by atoms with Crippen LogP contribution >= 0.6 is 11.3 Å². The molecule has 1 aromatic carbocycles. The van der Waals surface area contributed by atoms with Crippen LogP contribution in [0, 0.1) is 11.3 Å². The topological polar surface area (TPSA) is 194 Å². The molecule has 11 nitrogen and oxygen atoms in total. The van der Waals surface area contributed by atoms with Crippen molar-refractivity contribution >= 4 is 40.7 Å². The Morgan fingerprint density at radius 2 is 1.95 bits per heavy atom. The number of aliphatic imine (C=N–C) groups is 1. The maximum atomic E-state index is 13.3. The van der Waals surface area contributed by atoms with E-state index >= 15 is 0 Å². The van der Waals surface area contributed by atoms with E-state index in [1.807, 2.05) is 24.3 Å². The first-order chi connectivity index (χ1) is 18.7. The number of nitrogens with one attached hydrogen (secondary N) is 2. The van der Waals surface area contributed by atoms with Crippen LogP contribution in [0.1, 0.15) is 65.9 Å². The molecule has 1 fully saturated rings. The summed E-state index contributed by atoms with van der Waals surface area (Å²) in [4.78, 5) is 49.0. The van der Waals surface area contributed by atoms with Crippen molar-refractivity contribution in [3.8, 4) is 0 Å². The SMILES string of the molecule is N=C(N)c1ccc(CCCC2CCCCN(CC(=O)N[C@@H](CCCN=C(N)N)C(=O)c3nccs3)C2=O)cc1. The predicted octanol–water partition coefficient (Wildman–Crippen LogP) is 1.80. The highest BCUT2D eigenvalue weighted by atomic mass is 32.1. The van der Waals surface area contributed by atoms with E-state index in [2.05, 4.69) is 15.3 Å². The number of thiazole rings is 1. The van der Waals surface area contributed by atoms with Crippen molar-refractivity contribution in [1.29, 1.82) is 5.41 Å². The van der Waals surface area contributed by atoms with Crippen LogP contribution in [0.3, 0.4) is 0 Å². The number of guanidine groups is 1. The Bertz CT molecular complexity index is 1150. The number of hydrogen-bond donors (Lipinski definition) is 5. The van der Waals surface area contributed by atoms with E-state index in [1.165, 1.54) is 11.3 Å². The van der Waals surface area contributed by atoms with Crippen LogP contribution in [-0.2, 0) is 16.0 Å². The van der Waals surface area contributed by atoms with E-state index < -0.39 is 6.04 Å². The normalized spacial score (nSPS) is 16.3. The number of aryl methyl sites for hydroxylation is 1. The van der Waals surface area contributed by atoms with Crippen molar-refractivity contribution in [3.05, 3.63) is 52.0 Å². The number of carbonyl (C=O) groups excluding carboxylic acids is 3. The zero-order valence-corrected chi connectivity index (χ0v) is 22.9. The number of likely N-dealkylation sites (tertiary alicyclic amines) is 1. The minimum absolute atomic E-state index is 0.00913. The number of rotatable bonds is 14. The molecular weight excluding hydrogens is 516 g/mol. The lowest BCUT2D eigenvalue weighted by atomic mass is 9.94. The molecule has 1 aliphatic heterocycles. The fourth-order valence-corrected chi connectivity index (χ4v) is 5.32. The van der Waals surface area contributed by atoms with Gasteiger partial charge in [-0.3, -0.25) is 24.8 Å². The van der Waals surface area contributed by atoms with Crippen molar-refractivity contribution in [3.63, 3.8) is 0 Å². The van der Waals surface area contributed by atoms with Gasteiger partial charge >= 0.3 is 0 Å². The number of amides is 2. The Morgan fingerprint density at radius 1 is 1.18 bits per heavy atom. The van der Waals surface area contributed by atoms with E-state index in [-0.39, 0.29) is 41.9 Å². The van der Waals surface area contributed by atoms with Crippen LogP contribution in [0.4, 0.5) is 0 Å². The molecule has 1 unspecified atom stereocenters. The average molecular weight is 555 g/mol. The summed E-state index contributed by atoms with van der Waals surface area (Å²) >= 11 is 1.22. The van der Waals surface area contributed by atoms with Crippen LogP contribution in [0.15, 0.2) is 40.8 Å². The molecule has 3 rings (SSSR count). The van der Waals surface area contributed by atoms with Gasteiger partial charge in [0.1, 0.15) is 5.84 Å². The quantitative estimate of drug-likeness (QED) is 0.102. The van der Waals surface area contributed by atoms with Crippen LogP contribution in [0.5, 0.6) is 0 Å². The largest absolute Gasteiger partial charge is 0.384 e. The van der Waals surface area contributed by atoms with Gasteiger partial charge in [0.25, 0.3) is 0 Å². The molecule has 0 bridgehead atoms. The fraction of sp³-hybridized carbons (Fsp3) is 0.481. The van der Waals surface area contributed by atoms with Crippen molar-refractivity contribution < 1.29 is 14.4 Å². The zero-order chi connectivity index (χ0) is 28.2. The molecule has 0 radical (unpaired) electrons. The van der Waals surface area contributed by atoms with E-state index in [9.17, 15) is 14.4 Å². The fourth-order valence-electron chi connectivity index (χ4n) is 4.69. The average Bonchev–Trinajstić information content (AvgIpc) is 3.40. The molecule has 0 aliphatic carbocycles. The van der Waals surface area contributed by atoms with Gasteiger partial charge in [0.2, 0.25) is 17.6 Å². The van der Waals surface area contributed by atoms with Gasteiger partial charge in [-0.1, -0.05) is 30.7 Å². The molecule has 0 spiro atoms. The van der Waals surface area contributed by atoms with Gasteiger partial charge < -0.3 is 27.4 Å². The van der Waals surface area contributed by atoms with Gasteiger partial charge in [-0.2, -0.15) is 0 Å². The summed E-state index contributed by atoms with van der Waals surface area (Å²) in [6.07, 6.45) is 7.37. The molecule has 0 saturated carbocycles. The second-order valence-corrected chi connectivity index (χ2v) is 10.6. The zero-order valence-electron chi connectivity index (χ0n) is 22.1. The highest BCUT2D eigenvalue weighted by Crippen LogP contribution is 2.23. The van der Waals surface area contributed by atoms with Gasteiger partial charge in [-0.05, 0) is 50.5 Å². The number of hydrogen-bond acceptors (Lipinski definition) is 7. The molecule has 39 heavy (non-hydrogen) atoms. The van der Waals surface area contributed by atoms with Crippen LogP contribution in [0.25, 0.3) is 0 Å². The minimum Gasteiger partial charge on any atom is -0.384 e. The highest BCUT2D eigenvalue weighted by Gasteiger charge is 2.30. The van der Waals surface area contributed by atoms with Crippen LogP contribution in [0.2, 0.25) is 0 Å². The molecule has 12 heteroatoms. The van der Waals surface area contributed by atoms with Crippen LogP contribution < -0.4 is 22.5 Å². The number of ketones is 1. The standard InChI is InChI=1S/C27H38N8O3S/c28-24(29)19-11-9-18(10-12-19)5-3-7-20-6-1-2-15-35(26(20)38)17-22(36)34-21(8-4-13-33-27(30)31)23(37)25-32-14-16-39-25/h9-12,14,16,20-21H,1-8,13,15,17H2,(H3,28,29)(H,34,36)(H4,30,31,33)/t20?,21-/m0/s1. The number of benzene rings is 1. The van der Waals surface area contributed by atoms with Gasteiger partial charge in [-0.25, -0.2) is 4.98 Å². The second-order valence-electron chi connectivity index (χ2n) is 9.73. The summed E-state index contributed by atoms with van der Waals surface area (Å²) in [5.74, 6) is -0.762. The van der Waals surface area contributed by atoms with E-state index in [1.54, 1.807) is 16.5 Å². The molecular formula is C27H38N8O3S. The Labute approximate surface area is 232 Å².